The summed E-state index contributed by atoms with van der Waals surface area (Å²) in [7, 11) is 1.77. The van der Waals surface area contributed by atoms with E-state index in [0.29, 0.717) is 0 Å². The van der Waals surface area contributed by atoms with Crippen molar-refractivity contribution < 1.29 is 4.74 Å². The molecule has 0 aromatic carbocycles. The van der Waals surface area contributed by atoms with Gasteiger partial charge in [-0.3, -0.25) is 4.90 Å². The Morgan fingerprint density at radius 2 is 2.17 bits per heavy atom. The standard InChI is InChI=1S/C17H30N4OS/c1-4-18-17(20-13-16-8-5-14(2)23-16)19-9-10-21(11-12-22-3)15-6-7-15/h5,8,15H,4,6-7,9-13H2,1-3H3,(H2,18,19,20). The second-order valence-electron chi connectivity index (χ2n) is 5.89. The lowest BCUT2D eigenvalue weighted by molar-refractivity contribution is 0.144. The average molecular weight is 339 g/mol. The molecule has 1 aromatic heterocycles. The molecule has 0 bridgehead atoms. The number of hydrogen-bond acceptors (Lipinski definition) is 4. The van der Waals surface area contributed by atoms with Crippen molar-refractivity contribution in [2.45, 2.75) is 39.3 Å². The van der Waals surface area contributed by atoms with Crippen LogP contribution >= 0.6 is 11.3 Å². The molecule has 5 nitrogen and oxygen atoms in total. The molecule has 0 spiro atoms. The van der Waals surface area contributed by atoms with Gasteiger partial charge in [-0.15, -0.1) is 11.3 Å². The molecule has 1 aliphatic rings. The third kappa shape index (κ3) is 6.89. The molecule has 2 N–H and O–H groups in total. The minimum atomic E-state index is 0.740. The van der Waals surface area contributed by atoms with Gasteiger partial charge in [0.15, 0.2) is 5.96 Å². The van der Waals surface area contributed by atoms with Gasteiger partial charge in [-0.25, -0.2) is 4.99 Å². The van der Waals surface area contributed by atoms with Crippen molar-refractivity contribution in [1.29, 1.82) is 0 Å². The van der Waals surface area contributed by atoms with Crippen LogP contribution in [0.4, 0.5) is 0 Å². The van der Waals surface area contributed by atoms with Gasteiger partial charge in [0.1, 0.15) is 0 Å². The van der Waals surface area contributed by atoms with E-state index in [2.05, 4.69) is 46.5 Å². The van der Waals surface area contributed by atoms with Gasteiger partial charge in [0.25, 0.3) is 0 Å². The fraction of sp³-hybridized carbons (Fsp3) is 0.706. The number of nitrogens with one attached hydrogen (secondary N) is 2. The van der Waals surface area contributed by atoms with Crippen molar-refractivity contribution in [2.24, 2.45) is 4.99 Å². The molecule has 0 atom stereocenters. The molecular formula is C17H30N4OS. The van der Waals surface area contributed by atoms with Crippen LogP contribution in [0.25, 0.3) is 0 Å². The number of ether oxygens (including phenoxy) is 1. The summed E-state index contributed by atoms with van der Waals surface area (Å²) < 4.78 is 5.21. The summed E-state index contributed by atoms with van der Waals surface area (Å²) in [6.07, 6.45) is 2.66. The Hall–Kier alpha value is -1.11. The quantitative estimate of drug-likeness (QED) is 0.507. The lowest BCUT2D eigenvalue weighted by atomic mass is 10.4. The van der Waals surface area contributed by atoms with Gasteiger partial charge >= 0.3 is 0 Å². The second kappa shape index (κ2) is 9.90. The highest BCUT2D eigenvalue weighted by molar-refractivity contribution is 7.11. The van der Waals surface area contributed by atoms with Gasteiger partial charge in [0.2, 0.25) is 0 Å². The number of methoxy groups -OCH3 is 1. The van der Waals surface area contributed by atoms with Crippen molar-refractivity contribution in [3.8, 4) is 0 Å². The smallest absolute Gasteiger partial charge is 0.191 e. The zero-order chi connectivity index (χ0) is 16.5. The number of hydrogen-bond donors (Lipinski definition) is 2. The predicted molar refractivity (Wildman–Crippen MR) is 98.3 cm³/mol. The van der Waals surface area contributed by atoms with Crippen LogP contribution in [0.15, 0.2) is 17.1 Å². The SMILES string of the molecule is CCNC(=NCc1ccc(C)s1)NCCN(CCOC)C1CC1. The normalized spacial score (nSPS) is 15.2. The summed E-state index contributed by atoms with van der Waals surface area (Å²) in [5, 5.41) is 6.77. The van der Waals surface area contributed by atoms with E-state index in [1.54, 1.807) is 7.11 Å². The first-order chi connectivity index (χ1) is 11.2. The van der Waals surface area contributed by atoms with E-state index in [9.17, 15) is 0 Å². The summed E-state index contributed by atoms with van der Waals surface area (Å²) in [5.74, 6) is 0.904. The Kier molecular flexibility index (Phi) is 7.85. The maximum absolute atomic E-state index is 5.21. The molecule has 1 saturated carbocycles. The van der Waals surface area contributed by atoms with Gasteiger partial charge in [-0.05, 0) is 38.8 Å². The first kappa shape index (κ1) is 18.2. The maximum atomic E-state index is 5.21. The number of nitrogens with zero attached hydrogens (tertiary/aromatic N) is 2. The van der Waals surface area contributed by atoms with Crippen LogP contribution in [0.1, 0.15) is 29.5 Å². The van der Waals surface area contributed by atoms with E-state index >= 15 is 0 Å². The molecule has 1 fully saturated rings. The van der Waals surface area contributed by atoms with Crippen LogP contribution in [0.3, 0.4) is 0 Å². The number of aliphatic imine (C=N–C) groups is 1. The minimum Gasteiger partial charge on any atom is -0.383 e. The molecule has 0 saturated heterocycles. The first-order valence-electron chi connectivity index (χ1n) is 8.53. The van der Waals surface area contributed by atoms with Crippen molar-refractivity contribution in [2.75, 3.05) is 39.9 Å². The third-order valence-electron chi connectivity index (χ3n) is 3.87. The van der Waals surface area contributed by atoms with Crippen LogP contribution in [0.2, 0.25) is 0 Å². The number of rotatable bonds is 10. The number of guanidine groups is 1. The van der Waals surface area contributed by atoms with Crippen molar-refractivity contribution in [3.63, 3.8) is 0 Å². The molecule has 23 heavy (non-hydrogen) atoms. The van der Waals surface area contributed by atoms with Gasteiger partial charge in [0.05, 0.1) is 13.2 Å². The molecule has 0 aliphatic heterocycles. The van der Waals surface area contributed by atoms with Crippen LogP contribution in [-0.4, -0.2) is 56.8 Å². The molecule has 2 rings (SSSR count). The van der Waals surface area contributed by atoms with Gasteiger partial charge in [0, 0.05) is 49.1 Å². The summed E-state index contributed by atoms with van der Waals surface area (Å²) in [6, 6.07) is 5.08. The highest BCUT2D eigenvalue weighted by atomic mass is 32.1. The van der Waals surface area contributed by atoms with Crippen LogP contribution < -0.4 is 10.6 Å². The molecule has 1 aromatic rings. The minimum absolute atomic E-state index is 0.740. The number of thiophene rings is 1. The second-order valence-corrected chi connectivity index (χ2v) is 7.27. The Bertz CT molecular complexity index is 485. The Morgan fingerprint density at radius 1 is 1.35 bits per heavy atom. The maximum Gasteiger partial charge on any atom is 0.191 e. The molecule has 0 radical (unpaired) electrons. The molecule has 0 unspecified atom stereocenters. The summed E-state index contributed by atoms with van der Waals surface area (Å²) >= 11 is 1.81. The fourth-order valence-corrected chi connectivity index (χ4v) is 3.33. The van der Waals surface area contributed by atoms with Gasteiger partial charge < -0.3 is 15.4 Å². The molecule has 0 amide bonds. The lowest BCUT2D eigenvalue weighted by Gasteiger charge is -2.22. The van der Waals surface area contributed by atoms with Crippen LogP contribution in [0, 0.1) is 6.92 Å². The summed E-state index contributed by atoms with van der Waals surface area (Å²) in [5.41, 5.74) is 0. The van der Waals surface area contributed by atoms with E-state index in [0.717, 1.165) is 51.3 Å². The highest BCUT2D eigenvalue weighted by Gasteiger charge is 2.28. The molecular weight excluding hydrogens is 308 g/mol. The molecule has 1 aliphatic carbocycles. The predicted octanol–water partition coefficient (Wildman–Crippen LogP) is 2.22. The average Bonchev–Trinajstić information content (AvgIpc) is 3.30. The van der Waals surface area contributed by atoms with Crippen molar-refractivity contribution in [3.05, 3.63) is 21.9 Å². The summed E-state index contributed by atoms with van der Waals surface area (Å²) in [4.78, 5) is 9.84. The van der Waals surface area contributed by atoms with E-state index < -0.39 is 0 Å². The van der Waals surface area contributed by atoms with E-state index in [1.165, 1.54) is 22.6 Å². The fourth-order valence-electron chi connectivity index (χ4n) is 2.51. The van der Waals surface area contributed by atoms with Crippen LogP contribution in [-0.2, 0) is 11.3 Å². The zero-order valence-corrected chi connectivity index (χ0v) is 15.4. The zero-order valence-electron chi connectivity index (χ0n) is 14.6. The van der Waals surface area contributed by atoms with E-state index in [4.69, 9.17) is 4.74 Å². The van der Waals surface area contributed by atoms with E-state index in [1.807, 2.05) is 11.3 Å². The van der Waals surface area contributed by atoms with Crippen molar-refractivity contribution >= 4 is 17.3 Å². The van der Waals surface area contributed by atoms with E-state index in [-0.39, 0.29) is 0 Å². The topological polar surface area (TPSA) is 48.9 Å². The van der Waals surface area contributed by atoms with Crippen LogP contribution in [0.5, 0.6) is 0 Å². The lowest BCUT2D eigenvalue weighted by Crippen LogP contribution is -2.42. The highest BCUT2D eigenvalue weighted by Crippen LogP contribution is 2.25. The Labute approximate surface area is 144 Å². The van der Waals surface area contributed by atoms with Gasteiger partial charge in [-0.2, -0.15) is 0 Å². The molecule has 6 heteroatoms. The summed E-state index contributed by atoms with van der Waals surface area (Å²) in [6.45, 7) is 9.63. The molecule has 1 heterocycles. The molecule has 130 valence electrons. The monoisotopic (exact) mass is 338 g/mol. The largest absolute Gasteiger partial charge is 0.383 e. The first-order valence-corrected chi connectivity index (χ1v) is 9.35. The van der Waals surface area contributed by atoms with Gasteiger partial charge in [-0.1, -0.05) is 0 Å². The van der Waals surface area contributed by atoms with Crippen molar-refractivity contribution in [1.82, 2.24) is 15.5 Å². The third-order valence-corrected chi connectivity index (χ3v) is 4.86. The number of aryl methyl sites for hydroxylation is 1. The Balaban J connectivity index is 1.76. The Morgan fingerprint density at radius 3 is 2.78 bits per heavy atom.